The van der Waals surface area contributed by atoms with Gasteiger partial charge in [-0.3, -0.25) is 4.79 Å². The molecule has 0 unspecified atom stereocenters. The lowest BCUT2D eigenvalue weighted by molar-refractivity contribution is -0.127. The summed E-state index contributed by atoms with van der Waals surface area (Å²) in [6.07, 6.45) is -5.36. The van der Waals surface area contributed by atoms with Crippen molar-refractivity contribution < 1.29 is 13.2 Å². The number of aryl methyl sites for hydroxylation is 1. The topological polar surface area (TPSA) is 56.6 Å². The molecule has 3 nitrogen and oxygen atoms in total. The number of aromatic nitrogens is 1. The van der Waals surface area contributed by atoms with Crippen LogP contribution in [-0.4, -0.2) is 11.2 Å². The molecule has 1 aromatic heterocycles. The van der Waals surface area contributed by atoms with E-state index < -0.39 is 18.2 Å². The van der Waals surface area contributed by atoms with Crippen LogP contribution in [0.4, 0.5) is 13.2 Å². The summed E-state index contributed by atoms with van der Waals surface area (Å²) >= 11 is 0. The van der Waals surface area contributed by atoms with Gasteiger partial charge >= 0.3 is 6.18 Å². The summed E-state index contributed by atoms with van der Waals surface area (Å²) in [5.74, 6) is 0. The Morgan fingerprint density at radius 1 is 1.29 bits per heavy atom. The van der Waals surface area contributed by atoms with Gasteiger partial charge in [-0.2, -0.15) is 18.4 Å². The van der Waals surface area contributed by atoms with Crippen molar-refractivity contribution in [2.75, 3.05) is 0 Å². The van der Waals surface area contributed by atoms with Gasteiger partial charge in [-0.15, -0.1) is 0 Å². The van der Waals surface area contributed by atoms with Crippen molar-refractivity contribution in [1.29, 1.82) is 5.26 Å². The van der Waals surface area contributed by atoms with Crippen LogP contribution < -0.4 is 5.56 Å². The molecule has 2 rings (SSSR count). The summed E-state index contributed by atoms with van der Waals surface area (Å²) in [6.45, 7) is 1.64. The highest BCUT2D eigenvalue weighted by Gasteiger charge is 2.27. The first-order valence-corrected chi connectivity index (χ1v) is 6.10. The SMILES string of the molecule is Cc1cc(-c2cccc(CC(F)(F)F)c2)c(C#N)c(=O)[nH]1. The molecule has 0 fully saturated rings. The molecule has 0 atom stereocenters. The molecular formula is C15H11F3N2O. The van der Waals surface area contributed by atoms with E-state index in [1.165, 1.54) is 18.2 Å². The zero-order valence-electron chi connectivity index (χ0n) is 11.1. The van der Waals surface area contributed by atoms with Crippen LogP contribution in [0.1, 0.15) is 16.8 Å². The van der Waals surface area contributed by atoms with E-state index >= 15 is 0 Å². The summed E-state index contributed by atoms with van der Waals surface area (Å²) in [5, 5.41) is 9.06. The Balaban J connectivity index is 2.56. The predicted molar refractivity (Wildman–Crippen MR) is 71.7 cm³/mol. The lowest BCUT2D eigenvalue weighted by atomic mass is 9.98. The second-order valence-electron chi connectivity index (χ2n) is 4.67. The van der Waals surface area contributed by atoms with E-state index in [0.717, 1.165) is 0 Å². The van der Waals surface area contributed by atoms with Crippen LogP contribution in [0.25, 0.3) is 11.1 Å². The number of hydrogen-bond acceptors (Lipinski definition) is 2. The molecule has 0 spiro atoms. The Hall–Kier alpha value is -2.55. The number of pyridine rings is 1. The normalized spacial score (nSPS) is 11.2. The molecule has 0 amide bonds. The van der Waals surface area contributed by atoms with Crippen LogP contribution in [0.2, 0.25) is 0 Å². The Morgan fingerprint density at radius 3 is 2.62 bits per heavy atom. The summed E-state index contributed by atoms with van der Waals surface area (Å²) in [7, 11) is 0. The highest BCUT2D eigenvalue weighted by atomic mass is 19.4. The van der Waals surface area contributed by atoms with Crippen LogP contribution in [0.3, 0.4) is 0 Å². The van der Waals surface area contributed by atoms with Crippen molar-refractivity contribution in [1.82, 2.24) is 4.98 Å². The first kappa shape index (κ1) is 14.9. The van der Waals surface area contributed by atoms with Crippen molar-refractivity contribution in [2.24, 2.45) is 0 Å². The van der Waals surface area contributed by atoms with Crippen molar-refractivity contribution in [3.8, 4) is 17.2 Å². The molecule has 2 aromatic rings. The lowest BCUT2D eigenvalue weighted by Crippen LogP contribution is -2.13. The summed E-state index contributed by atoms with van der Waals surface area (Å²) < 4.78 is 37.3. The van der Waals surface area contributed by atoms with Crippen LogP contribution in [-0.2, 0) is 6.42 Å². The maximum absolute atomic E-state index is 12.4. The summed E-state index contributed by atoms with van der Waals surface area (Å²) in [5.41, 5.74) is 0.723. The number of alkyl halides is 3. The van der Waals surface area contributed by atoms with Gasteiger partial charge in [-0.05, 0) is 24.1 Å². The minimum atomic E-state index is -4.30. The van der Waals surface area contributed by atoms with Gasteiger partial charge in [0, 0.05) is 11.3 Å². The van der Waals surface area contributed by atoms with Crippen molar-refractivity contribution in [3.05, 3.63) is 57.5 Å². The molecular weight excluding hydrogens is 281 g/mol. The van der Waals surface area contributed by atoms with Gasteiger partial charge in [0.05, 0.1) is 6.42 Å². The Labute approximate surface area is 118 Å². The van der Waals surface area contributed by atoms with Gasteiger partial charge in [0.15, 0.2) is 0 Å². The molecule has 21 heavy (non-hydrogen) atoms. The van der Waals surface area contributed by atoms with Crippen molar-refractivity contribution in [2.45, 2.75) is 19.5 Å². The molecule has 0 radical (unpaired) electrons. The minimum Gasteiger partial charge on any atom is -0.325 e. The number of H-pyrrole nitrogens is 1. The summed E-state index contributed by atoms with van der Waals surface area (Å²) in [4.78, 5) is 14.2. The second kappa shape index (κ2) is 5.44. The van der Waals surface area contributed by atoms with Crippen molar-refractivity contribution >= 4 is 0 Å². The van der Waals surface area contributed by atoms with E-state index in [1.54, 1.807) is 25.1 Å². The van der Waals surface area contributed by atoms with Gasteiger partial charge < -0.3 is 4.98 Å². The fourth-order valence-corrected chi connectivity index (χ4v) is 2.11. The first-order chi connectivity index (χ1) is 9.80. The zero-order chi connectivity index (χ0) is 15.6. The van der Waals surface area contributed by atoms with Gasteiger partial charge in [0.2, 0.25) is 0 Å². The van der Waals surface area contributed by atoms with Gasteiger partial charge in [-0.1, -0.05) is 24.3 Å². The number of benzene rings is 1. The monoisotopic (exact) mass is 292 g/mol. The highest BCUT2D eigenvalue weighted by Crippen LogP contribution is 2.26. The lowest BCUT2D eigenvalue weighted by Gasteiger charge is -2.09. The van der Waals surface area contributed by atoms with E-state index in [2.05, 4.69) is 4.98 Å². The van der Waals surface area contributed by atoms with E-state index in [-0.39, 0.29) is 11.1 Å². The molecule has 0 saturated carbocycles. The predicted octanol–water partition coefficient (Wildman–Crippen LogP) is 3.33. The number of nitrogens with zero attached hydrogens (tertiary/aromatic N) is 1. The molecule has 0 saturated heterocycles. The van der Waals surface area contributed by atoms with Crippen molar-refractivity contribution in [3.63, 3.8) is 0 Å². The first-order valence-electron chi connectivity index (χ1n) is 6.10. The number of nitrogens with one attached hydrogen (secondary N) is 1. The molecule has 1 heterocycles. The average Bonchev–Trinajstić information content (AvgIpc) is 2.36. The molecule has 1 N–H and O–H groups in total. The Morgan fingerprint density at radius 2 is 2.00 bits per heavy atom. The van der Waals surface area contributed by atoms with E-state index in [1.807, 2.05) is 0 Å². The molecule has 6 heteroatoms. The fraction of sp³-hybridized carbons (Fsp3) is 0.200. The largest absolute Gasteiger partial charge is 0.393 e. The average molecular weight is 292 g/mol. The van der Waals surface area contributed by atoms with Gasteiger partial charge in [-0.25, -0.2) is 0 Å². The van der Waals surface area contributed by atoms with Crippen LogP contribution >= 0.6 is 0 Å². The minimum absolute atomic E-state index is 0.0850. The van der Waals surface area contributed by atoms with Crippen LogP contribution in [0.15, 0.2) is 35.1 Å². The quantitative estimate of drug-likeness (QED) is 0.923. The number of hydrogen-bond donors (Lipinski definition) is 1. The number of rotatable bonds is 2. The van der Waals surface area contributed by atoms with Crippen LogP contribution in [0, 0.1) is 18.3 Å². The Kier molecular flexibility index (Phi) is 3.85. The molecule has 0 aliphatic heterocycles. The van der Waals surface area contributed by atoms with E-state index in [0.29, 0.717) is 16.8 Å². The number of nitriles is 1. The smallest absolute Gasteiger partial charge is 0.325 e. The van der Waals surface area contributed by atoms with Crippen LogP contribution in [0.5, 0.6) is 0 Å². The molecule has 1 aromatic carbocycles. The van der Waals surface area contributed by atoms with Gasteiger partial charge in [0.25, 0.3) is 5.56 Å². The zero-order valence-corrected chi connectivity index (χ0v) is 11.1. The summed E-state index contributed by atoms with van der Waals surface area (Å²) in [6, 6.07) is 9.14. The van der Waals surface area contributed by atoms with Gasteiger partial charge in [0.1, 0.15) is 11.6 Å². The van der Waals surface area contributed by atoms with E-state index in [4.69, 9.17) is 5.26 Å². The third-order valence-electron chi connectivity index (χ3n) is 2.92. The molecule has 0 bridgehead atoms. The second-order valence-corrected chi connectivity index (χ2v) is 4.67. The highest BCUT2D eigenvalue weighted by molar-refractivity contribution is 5.70. The number of aromatic amines is 1. The molecule has 108 valence electrons. The fourth-order valence-electron chi connectivity index (χ4n) is 2.11. The number of halogens is 3. The Bertz CT molecular complexity index is 770. The standard InChI is InChI=1S/C15H11F3N2O/c1-9-5-12(13(8-19)14(21)20-9)11-4-2-3-10(6-11)7-15(16,17)18/h2-6H,7H2,1H3,(H,20,21). The molecule has 0 aliphatic rings. The third kappa shape index (κ3) is 3.51. The third-order valence-corrected chi connectivity index (χ3v) is 2.92. The molecule has 0 aliphatic carbocycles. The maximum atomic E-state index is 12.4. The maximum Gasteiger partial charge on any atom is 0.393 e. The van der Waals surface area contributed by atoms with E-state index in [9.17, 15) is 18.0 Å².